The van der Waals surface area contributed by atoms with E-state index in [0.717, 1.165) is 0 Å². The fourth-order valence-corrected chi connectivity index (χ4v) is 2.75. The van der Waals surface area contributed by atoms with Crippen molar-refractivity contribution in [3.8, 4) is 11.1 Å². The van der Waals surface area contributed by atoms with Crippen molar-refractivity contribution in [2.45, 2.75) is 13.8 Å². The van der Waals surface area contributed by atoms with Gasteiger partial charge in [0.15, 0.2) is 0 Å². The molecule has 0 N–H and O–H groups in total. The topological polar surface area (TPSA) is 0 Å². The van der Waals surface area contributed by atoms with E-state index in [9.17, 15) is 0 Å². The number of hydrogen-bond acceptors (Lipinski definition) is 0. The van der Waals surface area contributed by atoms with E-state index in [0.29, 0.717) is 0 Å². The summed E-state index contributed by atoms with van der Waals surface area (Å²) in [6, 6.07) is 19.5. The van der Waals surface area contributed by atoms with Gasteiger partial charge in [-0.05, 0) is 58.5 Å². The van der Waals surface area contributed by atoms with Crippen molar-refractivity contribution in [1.29, 1.82) is 0 Å². The van der Waals surface area contributed by atoms with E-state index in [-0.39, 0.29) is 0 Å². The second-order valence-corrected chi connectivity index (χ2v) is 5.25. The average Bonchev–Trinajstić information content (AvgIpc) is 2.50. The zero-order valence-corrected chi connectivity index (χ0v) is 12.0. The van der Waals surface area contributed by atoms with Crippen LogP contribution in [0, 0.1) is 13.8 Å². The van der Waals surface area contributed by atoms with Gasteiger partial charge in [-0.15, -0.1) is 0 Å². The van der Waals surface area contributed by atoms with E-state index in [1.165, 1.54) is 38.6 Å². The molecule has 0 spiro atoms. The monoisotopic (exact) mass is 258 g/mol. The third-order valence-corrected chi connectivity index (χ3v) is 3.94. The average molecular weight is 258 g/mol. The summed E-state index contributed by atoms with van der Waals surface area (Å²) in [6.45, 7) is 8.25. The summed E-state index contributed by atoms with van der Waals surface area (Å²) in [4.78, 5) is 0. The Morgan fingerprint density at radius 1 is 0.800 bits per heavy atom. The third-order valence-electron chi connectivity index (χ3n) is 3.94. The molecular formula is C20H18. The lowest BCUT2D eigenvalue weighted by molar-refractivity contribution is 1.46. The minimum Gasteiger partial charge on any atom is -0.0984 e. The first-order valence-electron chi connectivity index (χ1n) is 6.92. The molecule has 20 heavy (non-hydrogen) atoms. The Kier molecular flexibility index (Phi) is 3.15. The van der Waals surface area contributed by atoms with Crippen molar-refractivity contribution in [2.75, 3.05) is 0 Å². The minimum absolute atomic E-state index is 1.18. The summed E-state index contributed by atoms with van der Waals surface area (Å²) in [5, 5.41) is 2.67. The first-order valence-corrected chi connectivity index (χ1v) is 6.92. The Morgan fingerprint density at radius 3 is 2.25 bits per heavy atom. The van der Waals surface area contributed by atoms with Gasteiger partial charge in [0.25, 0.3) is 0 Å². The van der Waals surface area contributed by atoms with Gasteiger partial charge < -0.3 is 0 Å². The van der Waals surface area contributed by atoms with Crippen molar-refractivity contribution in [1.82, 2.24) is 0 Å². The molecular weight excluding hydrogens is 240 g/mol. The molecule has 0 nitrogen and oxygen atoms in total. The van der Waals surface area contributed by atoms with Crippen molar-refractivity contribution in [3.63, 3.8) is 0 Å². The number of aryl methyl sites for hydroxylation is 2. The Labute approximate surface area is 120 Å². The van der Waals surface area contributed by atoms with Gasteiger partial charge in [0.1, 0.15) is 0 Å². The Hall–Kier alpha value is -2.34. The largest absolute Gasteiger partial charge is 0.0984 e. The molecule has 3 aromatic carbocycles. The van der Waals surface area contributed by atoms with E-state index in [4.69, 9.17) is 0 Å². The zero-order chi connectivity index (χ0) is 14.1. The van der Waals surface area contributed by atoms with Crippen LogP contribution in [0.4, 0.5) is 0 Å². The molecule has 3 aromatic rings. The highest BCUT2D eigenvalue weighted by Crippen LogP contribution is 2.30. The van der Waals surface area contributed by atoms with E-state index in [1.807, 2.05) is 6.08 Å². The molecule has 0 saturated heterocycles. The molecule has 0 aromatic heterocycles. The molecule has 0 bridgehead atoms. The summed E-state index contributed by atoms with van der Waals surface area (Å²) < 4.78 is 0. The molecule has 0 radical (unpaired) electrons. The van der Waals surface area contributed by atoms with E-state index >= 15 is 0 Å². The molecule has 0 fully saturated rings. The van der Waals surface area contributed by atoms with Gasteiger partial charge >= 0.3 is 0 Å². The Morgan fingerprint density at radius 2 is 1.50 bits per heavy atom. The highest BCUT2D eigenvalue weighted by Gasteiger charge is 2.06. The lowest BCUT2D eigenvalue weighted by atomic mass is 9.94. The molecule has 0 unspecified atom stereocenters. The smallest absolute Gasteiger partial charge is 0.0111 e. The summed E-state index contributed by atoms with van der Waals surface area (Å²) in [6.07, 6.45) is 1.92. The molecule has 0 aliphatic rings. The standard InChI is InChI=1S/C20H18/c1-4-16-7-5-6-8-19(16)17-11-12-18-14(2)9-10-15(3)20(18)13-17/h4-13H,1H2,2-3H3. The van der Waals surface area contributed by atoms with Crippen LogP contribution in [0.15, 0.2) is 61.2 Å². The van der Waals surface area contributed by atoms with Gasteiger partial charge in [-0.1, -0.05) is 61.2 Å². The summed E-state index contributed by atoms with van der Waals surface area (Å²) in [5.74, 6) is 0. The van der Waals surface area contributed by atoms with Crippen LogP contribution < -0.4 is 0 Å². The molecule has 0 aliphatic heterocycles. The fourth-order valence-electron chi connectivity index (χ4n) is 2.75. The number of hydrogen-bond donors (Lipinski definition) is 0. The van der Waals surface area contributed by atoms with Crippen LogP contribution in [0.2, 0.25) is 0 Å². The molecule has 0 amide bonds. The molecule has 3 rings (SSSR count). The predicted molar refractivity (Wildman–Crippen MR) is 88.9 cm³/mol. The zero-order valence-electron chi connectivity index (χ0n) is 12.0. The van der Waals surface area contributed by atoms with Crippen LogP contribution in [-0.4, -0.2) is 0 Å². The molecule has 98 valence electrons. The Bertz CT molecular complexity index is 794. The van der Waals surface area contributed by atoms with Crippen molar-refractivity contribution >= 4 is 16.8 Å². The highest BCUT2D eigenvalue weighted by atomic mass is 14.1. The molecule has 0 heterocycles. The number of fused-ring (bicyclic) bond motifs is 1. The third kappa shape index (κ3) is 2.04. The lowest BCUT2D eigenvalue weighted by Gasteiger charge is -2.10. The maximum atomic E-state index is 3.91. The minimum atomic E-state index is 1.18. The van der Waals surface area contributed by atoms with Gasteiger partial charge in [-0.2, -0.15) is 0 Å². The van der Waals surface area contributed by atoms with Crippen LogP contribution in [0.25, 0.3) is 28.0 Å². The van der Waals surface area contributed by atoms with Crippen molar-refractivity contribution in [3.05, 3.63) is 77.9 Å². The first kappa shape index (κ1) is 12.7. The summed E-state index contributed by atoms with van der Waals surface area (Å²) >= 11 is 0. The van der Waals surface area contributed by atoms with Gasteiger partial charge in [0.2, 0.25) is 0 Å². The van der Waals surface area contributed by atoms with Crippen molar-refractivity contribution < 1.29 is 0 Å². The second kappa shape index (κ2) is 4.97. The van der Waals surface area contributed by atoms with Crippen LogP contribution in [0.5, 0.6) is 0 Å². The van der Waals surface area contributed by atoms with Crippen LogP contribution in [0.1, 0.15) is 16.7 Å². The van der Waals surface area contributed by atoms with E-state index < -0.39 is 0 Å². The molecule has 0 heteroatoms. The number of rotatable bonds is 2. The molecule has 0 aliphatic carbocycles. The van der Waals surface area contributed by atoms with Crippen molar-refractivity contribution in [2.24, 2.45) is 0 Å². The highest BCUT2D eigenvalue weighted by molar-refractivity contribution is 5.93. The fraction of sp³-hybridized carbons (Fsp3) is 0.100. The first-order chi connectivity index (χ1) is 9.70. The van der Waals surface area contributed by atoms with E-state index in [1.54, 1.807) is 0 Å². The van der Waals surface area contributed by atoms with Crippen LogP contribution in [-0.2, 0) is 0 Å². The van der Waals surface area contributed by atoms with Gasteiger partial charge in [0, 0.05) is 0 Å². The predicted octanol–water partition coefficient (Wildman–Crippen LogP) is 5.77. The molecule has 0 atom stereocenters. The Balaban J connectivity index is 2.28. The summed E-state index contributed by atoms with van der Waals surface area (Å²) in [5.41, 5.74) is 6.32. The van der Waals surface area contributed by atoms with Gasteiger partial charge in [0.05, 0.1) is 0 Å². The molecule has 0 saturated carbocycles. The normalized spacial score (nSPS) is 10.7. The van der Waals surface area contributed by atoms with Crippen LogP contribution >= 0.6 is 0 Å². The van der Waals surface area contributed by atoms with Gasteiger partial charge in [-0.25, -0.2) is 0 Å². The lowest BCUT2D eigenvalue weighted by Crippen LogP contribution is -1.86. The second-order valence-electron chi connectivity index (χ2n) is 5.25. The quantitative estimate of drug-likeness (QED) is 0.547. The maximum Gasteiger partial charge on any atom is -0.0111 e. The summed E-state index contributed by atoms with van der Waals surface area (Å²) in [7, 11) is 0. The van der Waals surface area contributed by atoms with E-state index in [2.05, 4.69) is 75.0 Å². The van der Waals surface area contributed by atoms with Crippen LogP contribution in [0.3, 0.4) is 0 Å². The van der Waals surface area contributed by atoms with Gasteiger partial charge in [-0.3, -0.25) is 0 Å². The number of benzene rings is 3. The SMILES string of the molecule is C=Cc1ccccc1-c1ccc2c(C)ccc(C)c2c1. The maximum absolute atomic E-state index is 3.91.